The third-order valence-corrected chi connectivity index (χ3v) is 7.60. The van der Waals surface area contributed by atoms with Gasteiger partial charge in [0.2, 0.25) is 0 Å². The number of aromatic nitrogens is 1. The number of amides is 3. The molecule has 0 radical (unpaired) electrons. The third kappa shape index (κ3) is 4.16. The predicted molar refractivity (Wildman–Crippen MR) is 139 cm³/mol. The van der Waals surface area contributed by atoms with Crippen LogP contribution in [0, 0.1) is 0 Å². The number of hydrogen-bond donors (Lipinski definition) is 3. The lowest BCUT2D eigenvalue weighted by atomic mass is 9.93. The fourth-order valence-electron chi connectivity index (χ4n) is 4.83. The number of rotatable bonds is 5. The number of carbonyl (C=O) groups excluding carboxylic acids is 2. The lowest BCUT2D eigenvalue weighted by molar-refractivity contribution is 0.0854. The maximum Gasteiger partial charge on any atom is 0.331 e. The maximum atomic E-state index is 13.3. The first-order valence-electron chi connectivity index (χ1n) is 11.9. The van der Waals surface area contributed by atoms with Crippen LogP contribution in [0.2, 0.25) is 0 Å². The van der Waals surface area contributed by atoms with Crippen molar-refractivity contribution >= 4 is 50.6 Å². The molecule has 2 unspecified atom stereocenters. The van der Waals surface area contributed by atoms with Crippen molar-refractivity contribution in [3.63, 3.8) is 0 Å². The highest BCUT2D eigenvalue weighted by Gasteiger charge is 2.33. The Morgan fingerprint density at radius 1 is 1.08 bits per heavy atom. The van der Waals surface area contributed by atoms with Gasteiger partial charge >= 0.3 is 6.03 Å². The van der Waals surface area contributed by atoms with Crippen LogP contribution in [0.1, 0.15) is 35.4 Å². The van der Waals surface area contributed by atoms with Crippen molar-refractivity contribution in [1.82, 2.24) is 10.3 Å². The Kier molecular flexibility index (Phi) is 5.79. The minimum Gasteiger partial charge on any atom is -0.457 e. The van der Waals surface area contributed by atoms with Gasteiger partial charge in [-0.25, -0.2) is 9.78 Å². The quantitative estimate of drug-likeness (QED) is 0.321. The highest BCUT2D eigenvalue weighted by molar-refractivity contribution is 7.21. The molecule has 182 valence electrons. The van der Waals surface area contributed by atoms with Crippen molar-refractivity contribution in [3.8, 4) is 11.5 Å². The fourth-order valence-corrected chi connectivity index (χ4v) is 5.86. The average molecular weight is 501 g/mol. The molecule has 2 aliphatic rings. The Balaban J connectivity index is 1.30. The van der Waals surface area contributed by atoms with Gasteiger partial charge in [-0.15, -0.1) is 11.3 Å². The zero-order chi connectivity index (χ0) is 24.6. The van der Waals surface area contributed by atoms with E-state index in [1.54, 1.807) is 17.2 Å². The molecule has 1 fully saturated rings. The molecule has 3 heterocycles. The van der Waals surface area contributed by atoms with Gasteiger partial charge in [0, 0.05) is 12.2 Å². The highest BCUT2D eigenvalue weighted by atomic mass is 32.1. The van der Waals surface area contributed by atoms with Gasteiger partial charge in [0.05, 0.1) is 28.6 Å². The monoisotopic (exact) mass is 500 g/mol. The van der Waals surface area contributed by atoms with Gasteiger partial charge in [-0.2, -0.15) is 0 Å². The zero-order valence-electron chi connectivity index (χ0n) is 19.3. The second kappa shape index (κ2) is 9.25. The molecular weight excluding hydrogens is 476 g/mol. The molecule has 1 aliphatic carbocycles. The minimum absolute atomic E-state index is 0.0847. The molecule has 9 heteroatoms. The van der Waals surface area contributed by atoms with E-state index in [1.807, 2.05) is 54.6 Å². The molecule has 0 spiro atoms. The van der Waals surface area contributed by atoms with Crippen molar-refractivity contribution in [2.45, 2.75) is 37.8 Å². The lowest BCUT2D eigenvalue weighted by Gasteiger charge is -2.29. The van der Waals surface area contributed by atoms with Crippen LogP contribution < -0.4 is 20.3 Å². The Morgan fingerprint density at radius 2 is 1.86 bits per heavy atom. The molecule has 0 saturated heterocycles. The van der Waals surface area contributed by atoms with Crippen LogP contribution in [0.3, 0.4) is 0 Å². The Labute approximate surface area is 211 Å². The number of urea groups is 1. The van der Waals surface area contributed by atoms with Crippen LogP contribution in [-0.2, 0) is 0 Å². The number of hydrogen-bond acceptors (Lipinski definition) is 6. The van der Waals surface area contributed by atoms with Gasteiger partial charge in [-0.05, 0) is 68.1 Å². The zero-order valence-corrected chi connectivity index (χ0v) is 20.1. The number of pyridine rings is 1. The van der Waals surface area contributed by atoms with Crippen molar-refractivity contribution in [2.75, 3.05) is 10.2 Å². The van der Waals surface area contributed by atoms with Crippen LogP contribution in [0.5, 0.6) is 11.5 Å². The Hall–Kier alpha value is -3.95. The SMILES string of the molecule is O=C(NC1CCCC(O)C1)c1sc2nccc3c2c1NC(=O)N3c1ccc(Oc2ccccc2)cc1. The summed E-state index contributed by atoms with van der Waals surface area (Å²) >= 11 is 1.26. The van der Waals surface area contributed by atoms with Crippen molar-refractivity contribution in [1.29, 1.82) is 0 Å². The molecule has 2 atom stereocenters. The number of nitrogens with zero attached hydrogens (tertiary/aromatic N) is 2. The summed E-state index contributed by atoms with van der Waals surface area (Å²) in [5, 5.41) is 16.6. The van der Waals surface area contributed by atoms with Gasteiger partial charge in [0.25, 0.3) is 5.91 Å². The molecule has 36 heavy (non-hydrogen) atoms. The Morgan fingerprint density at radius 3 is 2.64 bits per heavy atom. The molecule has 3 N–H and O–H groups in total. The van der Waals surface area contributed by atoms with E-state index in [-0.39, 0.29) is 18.0 Å². The summed E-state index contributed by atoms with van der Waals surface area (Å²) in [5.74, 6) is 1.13. The van der Waals surface area contributed by atoms with Crippen LogP contribution >= 0.6 is 11.3 Å². The van der Waals surface area contributed by atoms with E-state index in [0.717, 1.165) is 30.4 Å². The first kappa shape index (κ1) is 22.5. The summed E-state index contributed by atoms with van der Waals surface area (Å²) < 4.78 is 5.87. The van der Waals surface area contributed by atoms with Crippen molar-refractivity contribution < 1.29 is 19.4 Å². The molecule has 3 amide bonds. The standard InChI is InChI=1S/C27H24N4O4S/c32-18-6-4-5-16(15-18)29-25(33)24-23-22-21(13-14-28-26(22)36-24)31(27(34)30-23)17-9-11-20(12-10-17)35-19-7-2-1-3-8-19/h1-3,7-14,16,18,32H,4-6,15H2,(H,29,33)(H,30,34). The molecular formula is C27H24N4O4S. The number of nitrogens with one attached hydrogen (secondary N) is 2. The highest BCUT2D eigenvalue weighted by Crippen LogP contribution is 2.46. The minimum atomic E-state index is -0.393. The van der Waals surface area contributed by atoms with Gasteiger partial charge in [0.15, 0.2) is 0 Å². The maximum absolute atomic E-state index is 13.3. The first-order chi connectivity index (χ1) is 17.6. The third-order valence-electron chi connectivity index (χ3n) is 6.51. The van der Waals surface area contributed by atoms with Gasteiger partial charge in [0.1, 0.15) is 21.2 Å². The number of carbonyl (C=O) groups is 2. The number of aliphatic hydroxyl groups is 1. The van der Waals surface area contributed by atoms with Crippen molar-refractivity contribution in [2.24, 2.45) is 0 Å². The fraction of sp³-hybridized carbons (Fsp3) is 0.222. The number of benzene rings is 2. The topological polar surface area (TPSA) is 104 Å². The number of ether oxygens (including phenoxy) is 1. The summed E-state index contributed by atoms with van der Waals surface area (Å²) in [4.78, 5) is 33.6. The molecule has 2 aromatic carbocycles. The summed E-state index contributed by atoms with van der Waals surface area (Å²) in [6.45, 7) is 0. The van der Waals surface area contributed by atoms with Gasteiger partial charge in [-0.3, -0.25) is 9.69 Å². The number of aliphatic hydroxyl groups excluding tert-OH is 1. The molecule has 2 aromatic heterocycles. The number of para-hydroxylation sites is 1. The van der Waals surface area contributed by atoms with E-state index in [4.69, 9.17) is 4.74 Å². The second-order valence-corrected chi connectivity index (χ2v) is 9.98. The van der Waals surface area contributed by atoms with Crippen LogP contribution in [0.4, 0.5) is 21.9 Å². The predicted octanol–water partition coefficient (Wildman–Crippen LogP) is 5.81. The van der Waals surface area contributed by atoms with E-state index in [1.165, 1.54) is 11.3 Å². The van der Waals surface area contributed by atoms with Crippen LogP contribution in [0.15, 0.2) is 66.9 Å². The van der Waals surface area contributed by atoms with E-state index in [9.17, 15) is 14.7 Å². The normalized spacial score (nSPS) is 19.1. The largest absolute Gasteiger partial charge is 0.457 e. The van der Waals surface area contributed by atoms with E-state index in [0.29, 0.717) is 38.9 Å². The number of thiophene rings is 1. The molecule has 4 aromatic rings. The van der Waals surface area contributed by atoms with Gasteiger partial charge in [-0.1, -0.05) is 18.2 Å². The van der Waals surface area contributed by atoms with Crippen molar-refractivity contribution in [3.05, 3.63) is 71.7 Å². The van der Waals surface area contributed by atoms with E-state index >= 15 is 0 Å². The molecule has 1 aliphatic heterocycles. The van der Waals surface area contributed by atoms with Crippen LogP contribution in [-0.4, -0.2) is 34.2 Å². The Bertz CT molecular complexity index is 1440. The average Bonchev–Trinajstić information content (AvgIpc) is 3.25. The molecule has 8 nitrogen and oxygen atoms in total. The summed E-state index contributed by atoms with van der Waals surface area (Å²) in [6.07, 6.45) is 4.26. The van der Waals surface area contributed by atoms with E-state index in [2.05, 4.69) is 15.6 Å². The summed E-state index contributed by atoms with van der Waals surface area (Å²) in [7, 11) is 0. The van der Waals surface area contributed by atoms with E-state index < -0.39 is 6.10 Å². The smallest absolute Gasteiger partial charge is 0.331 e. The second-order valence-electron chi connectivity index (χ2n) is 8.98. The number of anilines is 3. The van der Waals surface area contributed by atoms with Crippen LogP contribution in [0.25, 0.3) is 10.2 Å². The molecule has 1 saturated carbocycles. The lowest BCUT2D eigenvalue weighted by Crippen LogP contribution is -2.40. The van der Waals surface area contributed by atoms with Gasteiger partial charge < -0.3 is 20.5 Å². The first-order valence-corrected chi connectivity index (χ1v) is 12.7. The molecule has 6 rings (SSSR count). The summed E-state index contributed by atoms with van der Waals surface area (Å²) in [5.41, 5.74) is 1.82. The summed E-state index contributed by atoms with van der Waals surface area (Å²) in [6, 6.07) is 18.1. The molecule has 0 bridgehead atoms.